The maximum atomic E-state index is 11.9. The molecule has 94 valence electrons. The lowest BCUT2D eigenvalue weighted by molar-refractivity contribution is 0.800. The van der Waals surface area contributed by atoms with Crippen molar-refractivity contribution in [3.8, 4) is 11.5 Å². The third kappa shape index (κ3) is 2.58. The molecule has 0 fully saturated rings. The smallest absolute Gasteiger partial charge is 0.264 e. The van der Waals surface area contributed by atoms with Gasteiger partial charge in [0.25, 0.3) is 5.56 Å². The van der Waals surface area contributed by atoms with Gasteiger partial charge in [-0.15, -0.1) is 0 Å². The van der Waals surface area contributed by atoms with Crippen LogP contribution in [0.25, 0.3) is 11.5 Å². The topological polar surface area (TPSA) is 71.5 Å². The Balaban J connectivity index is 2.63. The van der Waals surface area contributed by atoms with Gasteiger partial charge in [-0.3, -0.25) is 4.79 Å². The average Bonchev–Trinajstić information content (AvgIpc) is 2.32. The Labute approximate surface area is 118 Å². The molecule has 0 aliphatic heterocycles. The van der Waals surface area contributed by atoms with E-state index < -0.39 is 0 Å². The summed E-state index contributed by atoms with van der Waals surface area (Å²) in [7, 11) is 0. The van der Waals surface area contributed by atoms with Crippen LogP contribution >= 0.6 is 22.6 Å². The Morgan fingerprint density at radius 2 is 2.06 bits per heavy atom. The van der Waals surface area contributed by atoms with Gasteiger partial charge in [-0.2, -0.15) is 0 Å². The van der Waals surface area contributed by atoms with Gasteiger partial charge < -0.3 is 4.98 Å². The Kier molecular flexibility index (Phi) is 3.74. The first-order valence-corrected chi connectivity index (χ1v) is 6.66. The lowest BCUT2D eigenvalue weighted by atomic mass is 10.1. The molecule has 1 N–H and O–H groups in total. The minimum Gasteiger partial charge on any atom is -0.304 e. The van der Waals surface area contributed by atoms with Crippen LogP contribution < -0.4 is 5.56 Å². The van der Waals surface area contributed by atoms with Gasteiger partial charge in [0.05, 0.1) is 9.26 Å². The molecule has 2 aromatic rings. The van der Waals surface area contributed by atoms with Crippen LogP contribution in [-0.4, -0.2) is 19.9 Å². The molecule has 6 heteroatoms. The van der Waals surface area contributed by atoms with E-state index >= 15 is 0 Å². The van der Waals surface area contributed by atoms with Crippen LogP contribution in [0.4, 0.5) is 0 Å². The Morgan fingerprint density at radius 3 is 2.67 bits per heavy atom. The molecule has 0 radical (unpaired) electrons. The van der Waals surface area contributed by atoms with E-state index in [-0.39, 0.29) is 11.5 Å². The highest BCUT2D eigenvalue weighted by atomic mass is 127. The third-order valence-electron chi connectivity index (χ3n) is 2.45. The normalized spacial score (nSPS) is 10.9. The van der Waals surface area contributed by atoms with Gasteiger partial charge in [0, 0.05) is 6.20 Å². The summed E-state index contributed by atoms with van der Waals surface area (Å²) in [5.74, 6) is 1.34. The van der Waals surface area contributed by atoms with Crippen molar-refractivity contribution in [2.45, 2.75) is 26.7 Å². The number of aromatic nitrogens is 4. The minimum absolute atomic E-state index is 0.124. The number of H-pyrrole nitrogens is 1. The van der Waals surface area contributed by atoms with Crippen molar-refractivity contribution in [3.05, 3.63) is 37.7 Å². The summed E-state index contributed by atoms with van der Waals surface area (Å²) in [5.41, 5.74) is 1.31. The van der Waals surface area contributed by atoms with Crippen molar-refractivity contribution < 1.29 is 0 Å². The molecule has 2 rings (SSSR count). The summed E-state index contributed by atoms with van der Waals surface area (Å²) in [4.78, 5) is 27.4. The van der Waals surface area contributed by atoms with Crippen LogP contribution in [0.2, 0.25) is 0 Å². The van der Waals surface area contributed by atoms with E-state index in [0.29, 0.717) is 20.9 Å². The SMILES string of the molecule is Cc1nccc(-c2nc(C(C)C)c(I)c(=O)[nH]2)n1. The van der Waals surface area contributed by atoms with Crippen molar-refractivity contribution in [3.63, 3.8) is 0 Å². The monoisotopic (exact) mass is 356 g/mol. The Morgan fingerprint density at radius 1 is 1.33 bits per heavy atom. The highest BCUT2D eigenvalue weighted by Crippen LogP contribution is 2.19. The zero-order chi connectivity index (χ0) is 13.3. The van der Waals surface area contributed by atoms with Gasteiger partial charge in [0.1, 0.15) is 11.5 Å². The summed E-state index contributed by atoms with van der Waals surface area (Å²) in [6, 6.07) is 1.74. The van der Waals surface area contributed by atoms with Crippen LogP contribution in [0.5, 0.6) is 0 Å². The molecular weight excluding hydrogens is 343 g/mol. The minimum atomic E-state index is -0.124. The Hall–Kier alpha value is -1.31. The van der Waals surface area contributed by atoms with E-state index in [1.807, 2.05) is 36.4 Å². The van der Waals surface area contributed by atoms with Crippen LogP contribution in [0.3, 0.4) is 0 Å². The van der Waals surface area contributed by atoms with E-state index in [1.54, 1.807) is 19.2 Å². The van der Waals surface area contributed by atoms with Gasteiger partial charge >= 0.3 is 0 Å². The highest BCUT2D eigenvalue weighted by molar-refractivity contribution is 14.1. The predicted octanol–water partition coefficient (Wildman–Crippen LogP) is 2.26. The van der Waals surface area contributed by atoms with E-state index in [1.165, 1.54) is 0 Å². The summed E-state index contributed by atoms with van der Waals surface area (Å²) < 4.78 is 0.636. The van der Waals surface area contributed by atoms with Gasteiger partial charge in [0.15, 0.2) is 5.82 Å². The molecule has 0 saturated carbocycles. The fourth-order valence-electron chi connectivity index (χ4n) is 1.57. The maximum absolute atomic E-state index is 11.9. The lowest BCUT2D eigenvalue weighted by Crippen LogP contribution is -2.17. The van der Waals surface area contributed by atoms with Gasteiger partial charge in [-0.1, -0.05) is 13.8 Å². The van der Waals surface area contributed by atoms with Gasteiger partial charge in [0.2, 0.25) is 0 Å². The summed E-state index contributed by atoms with van der Waals surface area (Å²) in [6.45, 7) is 5.83. The molecule has 5 nitrogen and oxygen atoms in total. The number of rotatable bonds is 2. The number of nitrogens with one attached hydrogen (secondary N) is 1. The molecule has 2 heterocycles. The molecule has 2 aromatic heterocycles. The number of hydrogen-bond acceptors (Lipinski definition) is 4. The van der Waals surface area contributed by atoms with Crippen LogP contribution in [0.1, 0.15) is 31.3 Å². The second-order valence-electron chi connectivity index (χ2n) is 4.26. The standard InChI is InChI=1S/C12H13IN4O/c1-6(2)10-9(13)12(18)17-11(16-10)8-4-5-14-7(3)15-8/h4-6H,1-3H3,(H,16,17,18). The van der Waals surface area contributed by atoms with Crippen molar-refractivity contribution in [2.75, 3.05) is 0 Å². The quantitative estimate of drug-likeness (QED) is 0.838. The third-order valence-corrected chi connectivity index (χ3v) is 3.50. The zero-order valence-corrected chi connectivity index (χ0v) is 12.5. The molecular formula is C12H13IN4O. The van der Waals surface area contributed by atoms with E-state index in [9.17, 15) is 4.79 Å². The fourth-order valence-corrected chi connectivity index (χ4v) is 2.45. The molecule has 0 spiro atoms. The molecule has 0 unspecified atom stereocenters. The first-order chi connectivity index (χ1) is 8.49. The van der Waals surface area contributed by atoms with Crippen LogP contribution in [0.15, 0.2) is 17.1 Å². The molecule has 0 aliphatic rings. The van der Waals surface area contributed by atoms with Crippen LogP contribution in [-0.2, 0) is 0 Å². The predicted molar refractivity (Wildman–Crippen MR) is 77.4 cm³/mol. The Bertz CT molecular complexity index is 636. The largest absolute Gasteiger partial charge is 0.304 e. The first-order valence-electron chi connectivity index (χ1n) is 5.58. The molecule has 18 heavy (non-hydrogen) atoms. The number of nitrogens with zero attached hydrogens (tertiary/aromatic N) is 3. The van der Waals surface area contributed by atoms with Gasteiger partial charge in [-0.25, -0.2) is 15.0 Å². The highest BCUT2D eigenvalue weighted by Gasteiger charge is 2.13. The fraction of sp³-hybridized carbons (Fsp3) is 0.333. The average molecular weight is 356 g/mol. The van der Waals surface area contributed by atoms with E-state index in [4.69, 9.17) is 0 Å². The van der Waals surface area contributed by atoms with Crippen molar-refractivity contribution in [1.29, 1.82) is 0 Å². The summed E-state index contributed by atoms with van der Waals surface area (Å²) in [5, 5.41) is 0. The van der Waals surface area contributed by atoms with Crippen molar-refractivity contribution in [1.82, 2.24) is 19.9 Å². The molecule has 0 atom stereocenters. The van der Waals surface area contributed by atoms with Crippen molar-refractivity contribution in [2.24, 2.45) is 0 Å². The van der Waals surface area contributed by atoms with Gasteiger partial charge in [-0.05, 0) is 41.5 Å². The molecule has 0 amide bonds. The summed E-state index contributed by atoms with van der Waals surface area (Å²) in [6.07, 6.45) is 1.66. The van der Waals surface area contributed by atoms with Crippen molar-refractivity contribution >= 4 is 22.6 Å². The molecule has 0 aliphatic carbocycles. The second-order valence-corrected chi connectivity index (χ2v) is 5.34. The second kappa shape index (κ2) is 5.13. The number of hydrogen-bond donors (Lipinski definition) is 1. The molecule has 0 bridgehead atoms. The van der Waals surface area contributed by atoms with E-state index in [2.05, 4.69) is 19.9 Å². The number of aromatic amines is 1. The first kappa shape index (κ1) is 13.1. The number of halogens is 1. The van der Waals surface area contributed by atoms with Crippen LogP contribution in [0, 0.1) is 10.5 Å². The molecule has 0 aromatic carbocycles. The number of aryl methyl sites for hydroxylation is 1. The maximum Gasteiger partial charge on any atom is 0.264 e. The lowest BCUT2D eigenvalue weighted by Gasteiger charge is -2.09. The molecule has 0 saturated heterocycles. The zero-order valence-electron chi connectivity index (χ0n) is 10.4. The van der Waals surface area contributed by atoms with E-state index in [0.717, 1.165) is 5.69 Å². The summed E-state index contributed by atoms with van der Waals surface area (Å²) >= 11 is 2.02.